The van der Waals surface area contributed by atoms with Gasteiger partial charge in [-0.25, -0.2) is 0 Å². The molecule has 7 aliphatic rings. The second-order valence-electron chi connectivity index (χ2n) is 18.9. The number of hydrogen-bond acceptors (Lipinski definition) is 12. The Morgan fingerprint density at radius 2 is 1.46 bits per heavy atom. The zero-order valence-corrected chi connectivity index (χ0v) is 34.6. The summed E-state index contributed by atoms with van der Waals surface area (Å²) in [4.78, 5) is 65.8. The van der Waals surface area contributed by atoms with Crippen LogP contribution < -0.4 is 0 Å². The molecule has 0 aromatic heterocycles. The minimum absolute atomic E-state index is 0.0111. The highest BCUT2D eigenvalue weighted by Gasteiger charge is 2.55. The van der Waals surface area contributed by atoms with Gasteiger partial charge in [0, 0.05) is 29.3 Å². The number of carbonyl (C=O) groups excluding carboxylic acids is 5. The lowest BCUT2D eigenvalue weighted by Gasteiger charge is -2.50. The van der Waals surface area contributed by atoms with Crippen LogP contribution in [0.4, 0.5) is 8.78 Å². The van der Waals surface area contributed by atoms with E-state index >= 15 is 0 Å². The zero-order valence-electron chi connectivity index (χ0n) is 32.1. The lowest BCUT2D eigenvalue weighted by Crippen LogP contribution is -2.49. The van der Waals surface area contributed by atoms with E-state index in [1.54, 1.807) is 23.5 Å². The van der Waals surface area contributed by atoms with Gasteiger partial charge in [-0.2, -0.15) is 17.2 Å². The summed E-state index contributed by atoms with van der Waals surface area (Å²) in [6, 6.07) is 0. The number of hydrogen-bond donors (Lipinski definition) is 1. The number of carbonyl (C=O) groups is 5. The summed E-state index contributed by atoms with van der Waals surface area (Å²) in [6.07, 6.45) is 12.1. The number of Topliss-reactive ketones (excluding diaryl/α,β-unsaturated/α-hetero) is 1. The van der Waals surface area contributed by atoms with Crippen molar-refractivity contribution < 1.29 is 59.9 Å². The van der Waals surface area contributed by atoms with Crippen molar-refractivity contribution in [1.82, 2.24) is 0 Å². The summed E-state index contributed by atoms with van der Waals surface area (Å²) in [6.45, 7) is 0.308. The van der Waals surface area contributed by atoms with Crippen molar-refractivity contribution in [3.8, 4) is 0 Å². The second-order valence-corrected chi connectivity index (χ2v) is 23.0. The van der Waals surface area contributed by atoms with E-state index in [0.29, 0.717) is 74.7 Å². The van der Waals surface area contributed by atoms with Crippen molar-refractivity contribution in [2.24, 2.45) is 63.6 Å². The average molecular weight is 847 g/mol. The van der Waals surface area contributed by atoms with Gasteiger partial charge >= 0.3 is 33.3 Å². The molecule has 0 aromatic carbocycles. The summed E-state index contributed by atoms with van der Waals surface area (Å²) < 4.78 is 76.6. The number of thioether (sulfide) groups is 2. The van der Waals surface area contributed by atoms with Crippen molar-refractivity contribution in [1.29, 1.82) is 0 Å². The van der Waals surface area contributed by atoms with Gasteiger partial charge < -0.3 is 19.0 Å². The molecular formula is C40H56F2O11S3. The molecule has 10 unspecified atom stereocenters. The number of ether oxygens (including phenoxy) is 3. The summed E-state index contributed by atoms with van der Waals surface area (Å²) >= 11 is 3.32. The molecule has 0 spiro atoms. The number of esters is 3. The van der Waals surface area contributed by atoms with Gasteiger partial charge in [-0.15, -0.1) is 23.5 Å². The van der Waals surface area contributed by atoms with Gasteiger partial charge in [-0.3, -0.25) is 23.7 Å². The van der Waals surface area contributed by atoms with Crippen molar-refractivity contribution in [3.05, 3.63) is 0 Å². The fraction of sp³-hybridized carbons (Fsp3) is 0.875. The monoisotopic (exact) mass is 846 g/mol. The molecule has 6 saturated carbocycles. The number of alkyl halides is 2. The lowest BCUT2D eigenvalue weighted by molar-refractivity contribution is -0.169. The first-order valence-corrected chi connectivity index (χ1v) is 24.1. The third-order valence-corrected chi connectivity index (χ3v) is 19.2. The van der Waals surface area contributed by atoms with Crippen LogP contribution in [0, 0.1) is 63.6 Å². The molecule has 6 bridgehead atoms. The average Bonchev–Trinajstić information content (AvgIpc) is 3.16. The second kappa shape index (κ2) is 16.3. The first-order valence-electron chi connectivity index (χ1n) is 20.5. The Hall–Kier alpha value is -1.78. The summed E-state index contributed by atoms with van der Waals surface area (Å²) in [5.74, 6) is -0.0466. The van der Waals surface area contributed by atoms with Crippen LogP contribution in [0.1, 0.15) is 110 Å². The first-order chi connectivity index (χ1) is 26.4. The third kappa shape index (κ3) is 8.74. The van der Waals surface area contributed by atoms with E-state index in [2.05, 4.69) is 0 Å². The molecule has 1 aliphatic heterocycles. The van der Waals surface area contributed by atoms with Crippen LogP contribution in [0.15, 0.2) is 0 Å². The Labute approximate surface area is 336 Å². The van der Waals surface area contributed by atoms with Gasteiger partial charge in [0.25, 0.3) is 0 Å². The molecule has 314 valence electrons. The zero-order chi connectivity index (χ0) is 40.1. The first kappa shape index (κ1) is 42.3. The van der Waals surface area contributed by atoms with E-state index in [4.69, 9.17) is 18.8 Å². The van der Waals surface area contributed by atoms with Gasteiger partial charge in [-0.05, 0) is 101 Å². The topological polar surface area (TPSA) is 167 Å². The highest BCUT2D eigenvalue weighted by molar-refractivity contribution is 8.17. The van der Waals surface area contributed by atoms with E-state index in [-0.39, 0.29) is 71.0 Å². The SMILES string of the molecule is CC1CC2CC(C(=O)OCC3(COC(=O)C45CCCC(CC(C=O)C4)C5)CSC(C4CC5CCCC(C(=O)OCC(F)(F)S(=O)(=O)O)(C5)C4)SC3)CC(C2)C1=O. The Morgan fingerprint density at radius 3 is 2.12 bits per heavy atom. The molecule has 0 amide bonds. The molecular weight excluding hydrogens is 791 g/mol. The molecule has 6 aliphatic carbocycles. The Balaban J connectivity index is 1.03. The molecule has 0 radical (unpaired) electrons. The molecule has 11 nitrogen and oxygen atoms in total. The maximum atomic E-state index is 14.0. The van der Waals surface area contributed by atoms with Crippen molar-refractivity contribution in [2.45, 2.75) is 119 Å². The molecule has 16 heteroatoms. The number of ketones is 1. The Kier molecular flexibility index (Phi) is 12.4. The fourth-order valence-corrected chi connectivity index (χ4v) is 15.5. The largest absolute Gasteiger partial charge is 0.465 e. The van der Waals surface area contributed by atoms with Gasteiger partial charge in [0.05, 0.1) is 26.7 Å². The van der Waals surface area contributed by atoms with Gasteiger partial charge in [0.1, 0.15) is 25.3 Å². The fourth-order valence-electron chi connectivity index (χ4n) is 11.9. The highest BCUT2D eigenvalue weighted by atomic mass is 32.2. The normalized spacial score (nSPS) is 41.2. The van der Waals surface area contributed by atoms with Crippen molar-refractivity contribution in [3.63, 3.8) is 0 Å². The van der Waals surface area contributed by atoms with E-state index in [0.717, 1.165) is 57.7 Å². The van der Waals surface area contributed by atoms with Crippen molar-refractivity contribution >= 4 is 63.6 Å². The maximum absolute atomic E-state index is 14.0. The number of halogens is 2. The number of fused-ring (bicyclic) bond motifs is 6. The van der Waals surface area contributed by atoms with Crippen LogP contribution in [-0.4, -0.2) is 84.1 Å². The van der Waals surface area contributed by atoms with Crippen LogP contribution in [0.5, 0.6) is 0 Å². The Bertz CT molecular complexity index is 1650. The third-order valence-electron chi connectivity index (χ3n) is 14.5. The predicted molar refractivity (Wildman–Crippen MR) is 204 cm³/mol. The van der Waals surface area contributed by atoms with Crippen LogP contribution >= 0.6 is 23.5 Å². The summed E-state index contributed by atoms with van der Waals surface area (Å²) in [7, 11) is -5.75. The standard InChI is InChI=1S/C40H56F2O11S3/c1-24-8-27-11-29(32(24)44)13-30(12-27)33(45)51-19-37(20-52-35(46)38-6-2-4-25(14-38)9-28(16-38)18-43)22-54-34(55-23-37)31-10-26-5-3-7-39(15-26,17-31)36(47)53-21-40(41,42)56(48,49)50/h18,24-31,34H,2-17,19-23H2,1H3,(H,48,49,50). The van der Waals surface area contributed by atoms with Gasteiger partial charge in [-0.1, -0.05) is 32.6 Å². The quantitative estimate of drug-likeness (QED) is 0.0933. The summed E-state index contributed by atoms with van der Waals surface area (Å²) in [5.41, 5.74) is -2.44. The lowest BCUT2D eigenvalue weighted by atomic mass is 9.59. The van der Waals surface area contributed by atoms with Crippen LogP contribution in [0.3, 0.4) is 0 Å². The number of aldehydes is 1. The van der Waals surface area contributed by atoms with E-state index in [9.17, 15) is 41.2 Å². The van der Waals surface area contributed by atoms with E-state index in [1.807, 2.05) is 6.92 Å². The predicted octanol–water partition coefficient (Wildman–Crippen LogP) is 6.90. The maximum Gasteiger partial charge on any atom is 0.402 e. The van der Waals surface area contributed by atoms with Crippen LogP contribution in [0.2, 0.25) is 0 Å². The molecule has 10 atom stereocenters. The minimum atomic E-state index is -5.75. The smallest absolute Gasteiger partial charge is 0.402 e. The highest BCUT2D eigenvalue weighted by Crippen LogP contribution is 2.58. The molecule has 7 fully saturated rings. The van der Waals surface area contributed by atoms with E-state index in [1.165, 1.54) is 0 Å². The minimum Gasteiger partial charge on any atom is -0.465 e. The molecule has 0 aromatic rings. The molecule has 56 heavy (non-hydrogen) atoms. The van der Waals surface area contributed by atoms with Crippen LogP contribution in [-0.2, 0) is 48.3 Å². The van der Waals surface area contributed by atoms with Crippen molar-refractivity contribution in [2.75, 3.05) is 31.3 Å². The van der Waals surface area contributed by atoms with E-state index < -0.39 is 44.2 Å². The Morgan fingerprint density at radius 1 is 0.839 bits per heavy atom. The van der Waals surface area contributed by atoms with Crippen LogP contribution in [0.25, 0.3) is 0 Å². The molecule has 7 rings (SSSR count). The van der Waals surface area contributed by atoms with Gasteiger partial charge in [0.2, 0.25) is 0 Å². The molecule has 1 heterocycles. The number of rotatable bonds is 12. The molecule has 1 saturated heterocycles. The summed E-state index contributed by atoms with van der Waals surface area (Å²) in [5, 5.41) is -4.61. The van der Waals surface area contributed by atoms with Gasteiger partial charge in [0.15, 0.2) is 6.61 Å². The molecule has 1 N–H and O–H groups in total.